The molecule has 6 heteroatoms. The third-order valence-corrected chi connectivity index (χ3v) is 4.32. The summed E-state index contributed by atoms with van der Waals surface area (Å²) in [5, 5.41) is 7.03. The molecule has 2 aromatic carbocycles. The number of fused-ring (bicyclic) bond motifs is 1. The average Bonchev–Trinajstić information content (AvgIpc) is 3.17. The normalized spacial score (nSPS) is 14.5. The lowest BCUT2D eigenvalue weighted by Gasteiger charge is -2.28. The molecule has 0 radical (unpaired) electrons. The van der Waals surface area contributed by atoms with E-state index in [1.54, 1.807) is 6.33 Å². The largest absolute Gasteiger partial charge is 0.486 e. The summed E-state index contributed by atoms with van der Waals surface area (Å²) in [6, 6.07) is 16.3. The second-order valence-corrected chi connectivity index (χ2v) is 6.04. The van der Waals surface area contributed by atoms with Crippen molar-refractivity contribution in [2.24, 2.45) is 0 Å². The van der Waals surface area contributed by atoms with Gasteiger partial charge >= 0.3 is 0 Å². The number of nitrogens with one attached hydrogen (secondary N) is 1. The van der Waals surface area contributed by atoms with Crippen molar-refractivity contribution in [3.05, 3.63) is 71.8 Å². The molecule has 25 heavy (non-hydrogen) atoms. The first-order valence-electron chi connectivity index (χ1n) is 8.31. The van der Waals surface area contributed by atoms with Gasteiger partial charge in [-0.1, -0.05) is 42.5 Å². The van der Waals surface area contributed by atoms with Gasteiger partial charge in [0.2, 0.25) is 0 Å². The van der Waals surface area contributed by atoms with Crippen molar-refractivity contribution in [3.63, 3.8) is 0 Å². The molecule has 0 bridgehead atoms. The van der Waals surface area contributed by atoms with Gasteiger partial charge in [-0.05, 0) is 18.7 Å². The van der Waals surface area contributed by atoms with E-state index in [9.17, 15) is 0 Å². The molecule has 0 saturated heterocycles. The Labute approximate surface area is 146 Å². The van der Waals surface area contributed by atoms with Crippen LogP contribution in [-0.2, 0) is 6.54 Å². The molecule has 0 aliphatic carbocycles. The predicted octanol–water partition coefficient (Wildman–Crippen LogP) is 2.80. The molecular weight excluding hydrogens is 316 g/mol. The highest BCUT2D eigenvalue weighted by molar-refractivity contribution is 5.47. The lowest BCUT2D eigenvalue weighted by atomic mass is 10.0. The van der Waals surface area contributed by atoms with Gasteiger partial charge in [0, 0.05) is 12.1 Å². The molecule has 6 nitrogen and oxygen atoms in total. The van der Waals surface area contributed by atoms with Gasteiger partial charge in [0.25, 0.3) is 0 Å². The Hall–Kier alpha value is -2.86. The third kappa shape index (κ3) is 3.21. The smallest absolute Gasteiger partial charge is 0.165 e. The fourth-order valence-electron chi connectivity index (χ4n) is 3.22. The summed E-state index contributed by atoms with van der Waals surface area (Å²) < 4.78 is 11.5. The van der Waals surface area contributed by atoms with Crippen molar-refractivity contribution in [2.75, 3.05) is 20.3 Å². The Balaban J connectivity index is 1.65. The lowest BCUT2D eigenvalue weighted by Crippen LogP contribution is -2.27. The molecule has 1 unspecified atom stereocenters. The minimum atomic E-state index is -0.0240. The number of para-hydroxylation sites is 1. The van der Waals surface area contributed by atoms with Crippen molar-refractivity contribution in [1.29, 1.82) is 0 Å². The Morgan fingerprint density at radius 2 is 1.92 bits per heavy atom. The lowest BCUT2D eigenvalue weighted by molar-refractivity contribution is 0.166. The van der Waals surface area contributed by atoms with E-state index in [0.29, 0.717) is 19.8 Å². The topological polar surface area (TPSA) is 63.3 Å². The number of aromatic nitrogens is 3. The SMILES string of the molecule is CN(Cc1cccc2c1OCCO2)C(c1ccccc1)c1ncn[nH]1. The van der Waals surface area contributed by atoms with E-state index >= 15 is 0 Å². The van der Waals surface area contributed by atoms with Gasteiger partial charge in [-0.3, -0.25) is 10.00 Å². The van der Waals surface area contributed by atoms with Crippen LogP contribution in [-0.4, -0.2) is 40.3 Å². The van der Waals surface area contributed by atoms with Crippen LogP contribution in [0.4, 0.5) is 0 Å². The molecule has 4 rings (SSSR count). The fraction of sp³-hybridized carbons (Fsp3) is 0.263. The van der Waals surface area contributed by atoms with Crippen LogP contribution in [0.2, 0.25) is 0 Å². The van der Waals surface area contributed by atoms with Crippen molar-refractivity contribution >= 4 is 0 Å². The number of ether oxygens (including phenoxy) is 2. The number of benzene rings is 2. The summed E-state index contributed by atoms with van der Waals surface area (Å²) in [5.74, 6) is 2.47. The van der Waals surface area contributed by atoms with Crippen LogP contribution in [0.5, 0.6) is 11.5 Å². The van der Waals surface area contributed by atoms with Crippen molar-refractivity contribution < 1.29 is 9.47 Å². The molecule has 0 spiro atoms. The molecule has 1 atom stereocenters. The standard InChI is InChI=1S/C19H20N4O2/c1-23(12-15-8-5-9-16-18(15)25-11-10-24-16)17(19-20-13-21-22-19)14-6-3-2-4-7-14/h2-9,13,17H,10-12H2,1H3,(H,20,21,22). The van der Waals surface area contributed by atoms with Crippen LogP contribution in [0.3, 0.4) is 0 Å². The van der Waals surface area contributed by atoms with Crippen LogP contribution < -0.4 is 9.47 Å². The van der Waals surface area contributed by atoms with Crippen LogP contribution in [0.1, 0.15) is 23.0 Å². The average molecular weight is 336 g/mol. The van der Waals surface area contributed by atoms with Crippen molar-refractivity contribution in [1.82, 2.24) is 20.1 Å². The van der Waals surface area contributed by atoms with E-state index in [1.165, 1.54) is 0 Å². The number of nitrogens with zero attached hydrogens (tertiary/aromatic N) is 3. The molecule has 1 aliphatic rings. The van der Waals surface area contributed by atoms with E-state index in [1.807, 2.05) is 30.3 Å². The quantitative estimate of drug-likeness (QED) is 0.776. The number of rotatable bonds is 5. The van der Waals surface area contributed by atoms with Gasteiger partial charge in [0.15, 0.2) is 11.5 Å². The monoisotopic (exact) mass is 336 g/mol. The first kappa shape index (κ1) is 15.7. The highest BCUT2D eigenvalue weighted by atomic mass is 16.6. The maximum absolute atomic E-state index is 5.84. The van der Waals surface area contributed by atoms with Crippen LogP contribution in [0.25, 0.3) is 0 Å². The Morgan fingerprint density at radius 1 is 1.08 bits per heavy atom. The zero-order valence-corrected chi connectivity index (χ0v) is 14.1. The van der Waals surface area contributed by atoms with E-state index in [4.69, 9.17) is 9.47 Å². The Bertz CT molecular complexity index is 821. The maximum atomic E-state index is 5.84. The molecule has 1 aromatic heterocycles. The van der Waals surface area contributed by atoms with Gasteiger partial charge in [-0.15, -0.1) is 0 Å². The van der Waals surface area contributed by atoms with Crippen molar-refractivity contribution in [2.45, 2.75) is 12.6 Å². The second kappa shape index (κ2) is 6.94. The summed E-state index contributed by atoms with van der Waals surface area (Å²) in [7, 11) is 2.07. The van der Waals surface area contributed by atoms with Crippen LogP contribution >= 0.6 is 0 Å². The van der Waals surface area contributed by atoms with E-state index in [0.717, 1.165) is 28.5 Å². The second-order valence-electron chi connectivity index (χ2n) is 6.04. The van der Waals surface area contributed by atoms with Gasteiger partial charge < -0.3 is 9.47 Å². The minimum Gasteiger partial charge on any atom is -0.486 e. The summed E-state index contributed by atoms with van der Waals surface area (Å²) >= 11 is 0. The summed E-state index contributed by atoms with van der Waals surface area (Å²) in [4.78, 5) is 6.60. The van der Waals surface area contributed by atoms with E-state index in [-0.39, 0.29) is 6.04 Å². The van der Waals surface area contributed by atoms with Crippen molar-refractivity contribution in [3.8, 4) is 11.5 Å². The van der Waals surface area contributed by atoms with Crippen LogP contribution in [0, 0.1) is 0 Å². The highest BCUT2D eigenvalue weighted by Crippen LogP contribution is 2.35. The fourth-order valence-corrected chi connectivity index (χ4v) is 3.22. The predicted molar refractivity (Wildman–Crippen MR) is 93.6 cm³/mol. The van der Waals surface area contributed by atoms with Gasteiger partial charge in [0.05, 0.1) is 6.04 Å². The summed E-state index contributed by atoms with van der Waals surface area (Å²) in [6.07, 6.45) is 1.54. The zero-order valence-electron chi connectivity index (χ0n) is 14.1. The Morgan fingerprint density at radius 3 is 2.72 bits per heavy atom. The van der Waals surface area contributed by atoms with Gasteiger partial charge in [-0.2, -0.15) is 5.10 Å². The molecular formula is C19H20N4O2. The molecule has 1 N–H and O–H groups in total. The maximum Gasteiger partial charge on any atom is 0.165 e. The zero-order chi connectivity index (χ0) is 17.1. The number of H-pyrrole nitrogens is 1. The van der Waals surface area contributed by atoms with Gasteiger partial charge in [-0.25, -0.2) is 4.98 Å². The van der Waals surface area contributed by atoms with E-state index < -0.39 is 0 Å². The molecule has 0 saturated carbocycles. The molecule has 1 aliphatic heterocycles. The Kier molecular flexibility index (Phi) is 4.35. The van der Waals surface area contributed by atoms with Gasteiger partial charge in [0.1, 0.15) is 25.4 Å². The summed E-state index contributed by atoms with van der Waals surface area (Å²) in [6.45, 7) is 1.88. The minimum absolute atomic E-state index is 0.0240. The highest BCUT2D eigenvalue weighted by Gasteiger charge is 2.24. The molecule has 128 valence electrons. The summed E-state index contributed by atoms with van der Waals surface area (Å²) in [5.41, 5.74) is 2.25. The first-order valence-corrected chi connectivity index (χ1v) is 8.31. The third-order valence-electron chi connectivity index (χ3n) is 4.32. The molecule has 3 aromatic rings. The van der Waals surface area contributed by atoms with E-state index in [2.05, 4.69) is 45.3 Å². The molecule has 0 amide bonds. The molecule has 0 fully saturated rings. The number of hydrogen-bond acceptors (Lipinski definition) is 5. The number of aromatic amines is 1. The first-order chi connectivity index (χ1) is 12.3. The van der Waals surface area contributed by atoms with Crippen LogP contribution in [0.15, 0.2) is 54.9 Å². The number of hydrogen-bond donors (Lipinski definition) is 1. The molecule has 2 heterocycles.